The smallest absolute Gasteiger partial charge is 0.123 e. The summed E-state index contributed by atoms with van der Waals surface area (Å²) in [6.07, 6.45) is 2.00. The van der Waals surface area contributed by atoms with Gasteiger partial charge in [0.25, 0.3) is 0 Å². The Morgan fingerprint density at radius 1 is 0.818 bits per heavy atom. The predicted octanol–water partition coefficient (Wildman–Crippen LogP) is 4.04. The first kappa shape index (κ1) is 14.7. The standard InChI is InChI=1S/C17H16N2O2S/c1-20-12-6-4-11(5-7-12)16-17(22-3)19-15-10-13(21-2)8-9-14(15)18-16/h4-10H,1-3H3. The van der Waals surface area contributed by atoms with Gasteiger partial charge >= 0.3 is 0 Å². The molecular weight excluding hydrogens is 296 g/mol. The number of ether oxygens (including phenoxy) is 2. The van der Waals surface area contributed by atoms with Crippen LogP contribution in [-0.2, 0) is 0 Å². The summed E-state index contributed by atoms with van der Waals surface area (Å²) < 4.78 is 10.4. The number of aromatic nitrogens is 2. The van der Waals surface area contributed by atoms with E-state index in [1.54, 1.807) is 26.0 Å². The molecule has 4 nitrogen and oxygen atoms in total. The van der Waals surface area contributed by atoms with Gasteiger partial charge in [-0.2, -0.15) is 0 Å². The molecule has 0 bridgehead atoms. The van der Waals surface area contributed by atoms with Crippen molar-refractivity contribution in [2.45, 2.75) is 5.03 Å². The first-order valence-electron chi connectivity index (χ1n) is 6.79. The van der Waals surface area contributed by atoms with Crippen LogP contribution < -0.4 is 9.47 Å². The topological polar surface area (TPSA) is 44.2 Å². The van der Waals surface area contributed by atoms with Crippen LogP contribution in [0.1, 0.15) is 0 Å². The van der Waals surface area contributed by atoms with Crippen molar-refractivity contribution in [1.82, 2.24) is 9.97 Å². The molecule has 0 spiro atoms. The summed E-state index contributed by atoms with van der Waals surface area (Å²) >= 11 is 1.58. The molecule has 2 aromatic carbocycles. The number of benzene rings is 2. The Bertz CT molecular complexity index is 804. The van der Waals surface area contributed by atoms with Crippen molar-refractivity contribution in [1.29, 1.82) is 0 Å². The minimum absolute atomic E-state index is 0.783. The molecule has 0 aliphatic rings. The fourth-order valence-electron chi connectivity index (χ4n) is 2.22. The van der Waals surface area contributed by atoms with Gasteiger partial charge in [0.1, 0.15) is 22.2 Å². The Labute approximate surface area is 133 Å². The summed E-state index contributed by atoms with van der Waals surface area (Å²) in [5.41, 5.74) is 3.59. The van der Waals surface area contributed by atoms with Gasteiger partial charge in [-0.1, -0.05) is 0 Å². The normalized spacial score (nSPS) is 10.7. The maximum Gasteiger partial charge on any atom is 0.123 e. The van der Waals surface area contributed by atoms with Crippen LogP contribution in [0.2, 0.25) is 0 Å². The molecule has 0 aliphatic carbocycles. The van der Waals surface area contributed by atoms with Crippen LogP contribution >= 0.6 is 11.8 Å². The Hall–Kier alpha value is -2.27. The quantitative estimate of drug-likeness (QED) is 0.680. The average molecular weight is 312 g/mol. The third-order valence-corrected chi connectivity index (χ3v) is 4.07. The van der Waals surface area contributed by atoms with E-state index in [-0.39, 0.29) is 0 Å². The zero-order valence-electron chi connectivity index (χ0n) is 12.7. The summed E-state index contributed by atoms with van der Waals surface area (Å²) in [6.45, 7) is 0. The fourth-order valence-corrected chi connectivity index (χ4v) is 2.77. The molecule has 0 aliphatic heterocycles. The fraction of sp³-hybridized carbons (Fsp3) is 0.176. The summed E-state index contributed by atoms with van der Waals surface area (Å²) in [4.78, 5) is 9.48. The van der Waals surface area contributed by atoms with E-state index in [0.29, 0.717) is 0 Å². The molecular formula is C17H16N2O2S. The molecule has 0 saturated carbocycles. The number of hydrogen-bond acceptors (Lipinski definition) is 5. The van der Waals surface area contributed by atoms with Crippen LogP contribution in [0.5, 0.6) is 11.5 Å². The van der Waals surface area contributed by atoms with Crippen molar-refractivity contribution in [2.24, 2.45) is 0 Å². The van der Waals surface area contributed by atoms with E-state index in [1.165, 1.54) is 0 Å². The van der Waals surface area contributed by atoms with Crippen LogP contribution in [0.3, 0.4) is 0 Å². The van der Waals surface area contributed by atoms with Crippen LogP contribution in [0.25, 0.3) is 22.3 Å². The first-order valence-corrected chi connectivity index (χ1v) is 8.02. The maximum atomic E-state index is 5.25. The first-order chi connectivity index (χ1) is 10.7. The van der Waals surface area contributed by atoms with Crippen molar-refractivity contribution < 1.29 is 9.47 Å². The highest BCUT2D eigenvalue weighted by atomic mass is 32.2. The molecule has 5 heteroatoms. The van der Waals surface area contributed by atoms with Gasteiger partial charge < -0.3 is 9.47 Å². The highest BCUT2D eigenvalue weighted by Gasteiger charge is 2.11. The van der Waals surface area contributed by atoms with E-state index >= 15 is 0 Å². The van der Waals surface area contributed by atoms with E-state index in [1.807, 2.05) is 48.7 Å². The van der Waals surface area contributed by atoms with Crippen molar-refractivity contribution in [2.75, 3.05) is 20.5 Å². The van der Waals surface area contributed by atoms with E-state index in [0.717, 1.165) is 38.8 Å². The van der Waals surface area contributed by atoms with Gasteiger partial charge in [-0.25, -0.2) is 9.97 Å². The second-order valence-electron chi connectivity index (χ2n) is 4.66. The predicted molar refractivity (Wildman–Crippen MR) is 89.9 cm³/mol. The largest absolute Gasteiger partial charge is 0.497 e. The summed E-state index contributed by atoms with van der Waals surface area (Å²) in [5.74, 6) is 1.61. The Balaban J connectivity index is 2.14. The lowest BCUT2D eigenvalue weighted by Crippen LogP contribution is -1.94. The molecule has 3 aromatic rings. The van der Waals surface area contributed by atoms with Gasteiger partial charge in [0.05, 0.1) is 25.3 Å². The lowest BCUT2D eigenvalue weighted by molar-refractivity contribution is 0.415. The zero-order chi connectivity index (χ0) is 15.5. The minimum Gasteiger partial charge on any atom is -0.497 e. The minimum atomic E-state index is 0.783. The van der Waals surface area contributed by atoms with Crippen LogP contribution in [0, 0.1) is 0 Å². The highest BCUT2D eigenvalue weighted by molar-refractivity contribution is 7.98. The maximum absolute atomic E-state index is 5.25. The Kier molecular flexibility index (Phi) is 4.15. The lowest BCUT2D eigenvalue weighted by atomic mass is 10.1. The summed E-state index contributed by atoms with van der Waals surface area (Å²) in [5, 5.41) is 0.894. The zero-order valence-corrected chi connectivity index (χ0v) is 13.5. The second-order valence-corrected chi connectivity index (χ2v) is 5.46. The molecule has 0 N–H and O–H groups in total. The number of fused-ring (bicyclic) bond motifs is 1. The monoisotopic (exact) mass is 312 g/mol. The molecule has 0 fully saturated rings. The van der Waals surface area contributed by atoms with E-state index in [2.05, 4.69) is 0 Å². The van der Waals surface area contributed by atoms with E-state index in [9.17, 15) is 0 Å². The van der Waals surface area contributed by atoms with Gasteiger partial charge in [-0.3, -0.25) is 0 Å². The molecule has 0 radical (unpaired) electrons. The van der Waals surface area contributed by atoms with Gasteiger partial charge in [0.2, 0.25) is 0 Å². The molecule has 22 heavy (non-hydrogen) atoms. The highest BCUT2D eigenvalue weighted by Crippen LogP contribution is 2.31. The van der Waals surface area contributed by atoms with Crippen molar-refractivity contribution in [3.05, 3.63) is 42.5 Å². The van der Waals surface area contributed by atoms with Gasteiger partial charge in [-0.15, -0.1) is 11.8 Å². The third-order valence-electron chi connectivity index (χ3n) is 3.40. The van der Waals surface area contributed by atoms with Crippen LogP contribution in [0.4, 0.5) is 0 Å². The van der Waals surface area contributed by atoms with E-state index in [4.69, 9.17) is 19.4 Å². The molecule has 1 heterocycles. The number of rotatable bonds is 4. The Morgan fingerprint density at radius 2 is 1.50 bits per heavy atom. The number of thioether (sulfide) groups is 1. The molecule has 0 unspecified atom stereocenters. The number of hydrogen-bond donors (Lipinski definition) is 0. The molecule has 3 rings (SSSR count). The van der Waals surface area contributed by atoms with Gasteiger partial charge in [-0.05, 0) is 42.7 Å². The Morgan fingerprint density at radius 3 is 2.14 bits per heavy atom. The molecule has 1 aromatic heterocycles. The van der Waals surface area contributed by atoms with Gasteiger partial charge in [0, 0.05) is 11.6 Å². The number of nitrogens with zero attached hydrogens (tertiary/aromatic N) is 2. The van der Waals surface area contributed by atoms with Crippen molar-refractivity contribution in [3.63, 3.8) is 0 Å². The number of methoxy groups -OCH3 is 2. The van der Waals surface area contributed by atoms with Crippen LogP contribution in [0.15, 0.2) is 47.5 Å². The summed E-state index contributed by atoms with van der Waals surface area (Å²) in [6, 6.07) is 13.6. The second kappa shape index (κ2) is 6.23. The lowest BCUT2D eigenvalue weighted by Gasteiger charge is -2.09. The van der Waals surface area contributed by atoms with Crippen LogP contribution in [-0.4, -0.2) is 30.4 Å². The third kappa shape index (κ3) is 2.72. The molecule has 0 amide bonds. The SMILES string of the molecule is COc1ccc(-c2nc3ccc(OC)cc3nc2SC)cc1. The van der Waals surface area contributed by atoms with Crippen molar-refractivity contribution >= 4 is 22.8 Å². The molecule has 112 valence electrons. The summed E-state index contributed by atoms with van der Waals surface area (Å²) in [7, 11) is 3.31. The van der Waals surface area contributed by atoms with Crippen molar-refractivity contribution in [3.8, 4) is 22.8 Å². The van der Waals surface area contributed by atoms with Gasteiger partial charge in [0.15, 0.2) is 0 Å². The van der Waals surface area contributed by atoms with E-state index < -0.39 is 0 Å². The molecule has 0 atom stereocenters. The molecule has 0 saturated heterocycles. The average Bonchev–Trinajstić information content (AvgIpc) is 2.60.